The molecule has 31 heavy (non-hydrogen) atoms. The van der Waals surface area contributed by atoms with Crippen LogP contribution in [0.2, 0.25) is 5.02 Å². The Kier molecular flexibility index (Phi) is 7.14. The number of anilines is 1. The molecule has 2 aromatic carbocycles. The van der Waals surface area contributed by atoms with Crippen molar-refractivity contribution in [1.82, 2.24) is 20.4 Å². The number of nitrogens with one attached hydrogen (secondary N) is 2. The van der Waals surface area contributed by atoms with E-state index in [0.29, 0.717) is 5.02 Å². The number of halogens is 3. The summed E-state index contributed by atoms with van der Waals surface area (Å²) in [5.74, 6) is -1.96. The average molecular weight is 450 g/mol. The van der Waals surface area contributed by atoms with Crippen LogP contribution < -0.4 is 10.6 Å². The molecule has 1 aromatic heterocycles. The van der Waals surface area contributed by atoms with Gasteiger partial charge in [-0.2, -0.15) is 4.98 Å². The van der Waals surface area contributed by atoms with Crippen LogP contribution in [0.1, 0.15) is 22.1 Å². The molecule has 0 aliphatic rings. The van der Waals surface area contributed by atoms with E-state index in [9.17, 15) is 18.4 Å². The number of urea groups is 1. The Hall–Kier alpha value is -3.53. The zero-order chi connectivity index (χ0) is 22.4. The molecule has 0 saturated carbocycles. The van der Waals surface area contributed by atoms with Gasteiger partial charge in [0.2, 0.25) is 0 Å². The van der Waals surface area contributed by atoms with Crippen molar-refractivity contribution in [2.45, 2.75) is 13.0 Å². The highest BCUT2D eigenvalue weighted by Gasteiger charge is 2.17. The molecule has 0 atom stereocenters. The number of amides is 3. The molecule has 0 aliphatic carbocycles. The Balaban J connectivity index is 1.48. The van der Waals surface area contributed by atoms with Gasteiger partial charge in [0.05, 0.1) is 5.69 Å². The fourth-order valence-electron chi connectivity index (χ4n) is 2.48. The molecule has 0 saturated heterocycles. The summed E-state index contributed by atoms with van der Waals surface area (Å²) < 4.78 is 31.8. The number of likely N-dealkylation sites (N-methyl/N-ethyl adjacent to an activating group) is 1. The van der Waals surface area contributed by atoms with Crippen LogP contribution in [0, 0.1) is 11.6 Å². The summed E-state index contributed by atoms with van der Waals surface area (Å²) >= 11 is 5.82. The van der Waals surface area contributed by atoms with E-state index in [1.165, 1.54) is 11.9 Å². The first-order chi connectivity index (χ1) is 14.8. The lowest BCUT2D eigenvalue weighted by Gasteiger charge is -2.17. The van der Waals surface area contributed by atoms with Crippen LogP contribution in [0.3, 0.4) is 0 Å². The van der Waals surface area contributed by atoms with E-state index in [1.807, 2.05) is 0 Å². The minimum Gasteiger partial charge on any atom is -0.344 e. The summed E-state index contributed by atoms with van der Waals surface area (Å²) in [6, 6.07) is 9.09. The van der Waals surface area contributed by atoms with Crippen LogP contribution in [-0.2, 0) is 13.0 Å². The summed E-state index contributed by atoms with van der Waals surface area (Å²) in [6.45, 7) is 0.404. The van der Waals surface area contributed by atoms with Gasteiger partial charge in [-0.25, -0.2) is 13.6 Å². The zero-order valence-electron chi connectivity index (χ0n) is 16.4. The fourth-order valence-corrected chi connectivity index (χ4v) is 2.61. The minimum atomic E-state index is -0.754. The van der Waals surface area contributed by atoms with Crippen molar-refractivity contribution in [2.24, 2.45) is 0 Å². The van der Waals surface area contributed by atoms with Crippen molar-refractivity contribution >= 4 is 29.2 Å². The van der Waals surface area contributed by atoms with Crippen LogP contribution in [0.5, 0.6) is 0 Å². The topological polar surface area (TPSA) is 100 Å². The van der Waals surface area contributed by atoms with Crippen LogP contribution in [0.15, 0.2) is 47.0 Å². The minimum absolute atomic E-state index is 0.147. The Morgan fingerprint density at radius 3 is 2.65 bits per heavy atom. The number of rotatable bonds is 7. The first kappa shape index (κ1) is 22.2. The van der Waals surface area contributed by atoms with E-state index in [-0.39, 0.29) is 36.9 Å². The lowest BCUT2D eigenvalue weighted by atomic mass is 10.2. The standard InChI is InChI=1S/C20H18ClF2N5O3/c1-28(20(30)25-16-10-14(22)6-7-15(16)23)9-8-17-26-19(31-27-17)18(29)24-11-12-2-4-13(21)5-3-12/h2-7,10H,8-9,11H2,1H3,(H,24,29)(H,25,30). The van der Waals surface area contributed by atoms with Crippen LogP contribution in [0.4, 0.5) is 19.3 Å². The van der Waals surface area contributed by atoms with Gasteiger partial charge in [-0.1, -0.05) is 28.9 Å². The molecule has 0 bridgehead atoms. The van der Waals surface area contributed by atoms with Gasteiger partial charge >= 0.3 is 17.8 Å². The first-order valence-electron chi connectivity index (χ1n) is 9.14. The largest absolute Gasteiger partial charge is 0.344 e. The average Bonchev–Trinajstić information content (AvgIpc) is 3.23. The molecule has 0 aliphatic heterocycles. The molecule has 3 aromatic rings. The summed E-state index contributed by atoms with van der Waals surface area (Å²) in [7, 11) is 1.46. The van der Waals surface area contributed by atoms with E-state index < -0.39 is 23.6 Å². The van der Waals surface area contributed by atoms with Crippen LogP contribution in [0.25, 0.3) is 0 Å². The molecule has 11 heteroatoms. The zero-order valence-corrected chi connectivity index (χ0v) is 17.1. The fraction of sp³-hybridized carbons (Fsp3) is 0.200. The molecule has 3 rings (SSSR count). The second kappa shape index (κ2) is 9.98. The molecule has 0 radical (unpaired) electrons. The maximum Gasteiger partial charge on any atom is 0.321 e. The molecule has 2 N–H and O–H groups in total. The van der Waals surface area contributed by atoms with Gasteiger partial charge < -0.3 is 20.1 Å². The number of hydrogen-bond donors (Lipinski definition) is 2. The quantitative estimate of drug-likeness (QED) is 0.573. The molecular formula is C20H18ClF2N5O3. The summed E-state index contributed by atoms with van der Waals surface area (Å²) in [6.07, 6.45) is 0.184. The van der Waals surface area contributed by atoms with Crippen molar-refractivity contribution in [2.75, 3.05) is 18.9 Å². The van der Waals surface area contributed by atoms with E-state index in [4.69, 9.17) is 16.1 Å². The third-order valence-electron chi connectivity index (χ3n) is 4.22. The van der Waals surface area contributed by atoms with E-state index in [1.54, 1.807) is 24.3 Å². The monoisotopic (exact) mass is 449 g/mol. The third-order valence-corrected chi connectivity index (χ3v) is 4.47. The summed E-state index contributed by atoms with van der Waals surface area (Å²) in [5.41, 5.74) is 0.580. The number of hydrogen-bond acceptors (Lipinski definition) is 5. The van der Waals surface area contributed by atoms with Gasteiger partial charge in [-0.05, 0) is 29.8 Å². The predicted octanol–water partition coefficient (Wildman–Crippen LogP) is 3.64. The van der Waals surface area contributed by atoms with Crippen molar-refractivity contribution in [3.05, 3.63) is 76.4 Å². The highest BCUT2D eigenvalue weighted by Crippen LogP contribution is 2.15. The van der Waals surface area contributed by atoms with Crippen molar-refractivity contribution in [3.63, 3.8) is 0 Å². The SMILES string of the molecule is CN(CCc1noc(C(=O)NCc2ccc(Cl)cc2)n1)C(=O)Nc1cc(F)ccc1F. The van der Waals surface area contributed by atoms with Crippen LogP contribution >= 0.6 is 11.6 Å². The number of nitrogens with zero attached hydrogens (tertiary/aromatic N) is 3. The molecular weight excluding hydrogens is 432 g/mol. The van der Waals surface area contributed by atoms with Gasteiger partial charge in [-0.15, -0.1) is 0 Å². The number of benzene rings is 2. The second-order valence-electron chi connectivity index (χ2n) is 6.55. The Morgan fingerprint density at radius 1 is 1.16 bits per heavy atom. The molecule has 3 amide bonds. The normalized spacial score (nSPS) is 10.6. The van der Waals surface area contributed by atoms with Crippen LogP contribution in [-0.4, -0.2) is 40.6 Å². The van der Waals surface area contributed by atoms with Crippen molar-refractivity contribution in [3.8, 4) is 0 Å². The van der Waals surface area contributed by atoms with E-state index in [2.05, 4.69) is 20.8 Å². The Bertz CT molecular complexity index is 1070. The molecule has 0 fully saturated rings. The Morgan fingerprint density at radius 2 is 1.90 bits per heavy atom. The summed E-state index contributed by atoms with van der Waals surface area (Å²) in [4.78, 5) is 29.5. The van der Waals surface area contributed by atoms with Gasteiger partial charge in [0, 0.05) is 37.6 Å². The maximum absolute atomic E-state index is 13.6. The first-order valence-corrected chi connectivity index (χ1v) is 9.52. The molecule has 162 valence electrons. The van der Waals surface area contributed by atoms with Gasteiger partial charge in [0.25, 0.3) is 0 Å². The lowest BCUT2D eigenvalue weighted by Crippen LogP contribution is -2.33. The highest BCUT2D eigenvalue weighted by atomic mass is 35.5. The maximum atomic E-state index is 13.6. The van der Waals surface area contributed by atoms with Crippen molar-refractivity contribution < 1.29 is 22.9 Å². The highest BCUT2D eigenvalue weighted by molar-refractivity contribution is 6.30. The van der Waals surface area contributed by atoms with Gasteiger partial charge in [-0.3, -0.25) is 4.79 Å². The van der Waals surface area contributed by atoms with E-state index >= 15 is 0 Å². The lowest BCUT2D eigenvalue weighted by molar-refractivity contribution is 0.0907. The molecule has 8 nitrogen and oxygen atoms in total. The Labute approximate surface area is 181 Å². The van der Waals surface area contributed by atoms with Crippen molar-refractivity contribution in [1.29, 1.82) is 0 Å². The number of carbonyl (C=O) groups is 2. The second-order valence-corrected chi connectivity index (χ2v) is 6.99. The molecule has 1 heterocycles. The predicted molar refractivity (Wildman–Crippen MR) is 109 cm³/mol. The molecule has 0 spiro atoms. The smallest absolute Gasteiger partial charge is 0.321 e. The third kappa shape index (κ3) is 6.22. The molecule has 0 unspecified atom stereocenters. The number of aromatic nitrogens is 2. The summed E-state index contributed by atoms with van der Waals surface area (Å²) in [5, 5.41) is 9.24. The van der Waals surface area contributed by atoms with E-state index in [0.717, 1.165) is 23.8 Å². The van der Waals surface area contributed by atoms with Gasteiger partial charge in [0.15, 0.2) is 5.82 Å². The number of carbonyl (C=O) groups excluding carboxylic acids is 2. The van der Waals surface area contributed by atoms with Gasteiger partial charge in [0.1, 0.15) is 11.6 Å².